The van der Waals surface area contributed by atoms with Crippen LogP contribution in [-0.2, 0) is 17.9 Å². The van der Waals surface area contributed by atoms with E-state index < -0.39 is 0 Å². The molecule has 0 aromatic heterocycles. The van der Waals surface area contributed by atoms with E-state index in [1.54, 1.807) is 19.1 Å². The lowest BCUT2D eigenvalue weighted by molar-refractivity contribution is -0.131. The summed E-state index contributed by atoms with van der Waals surface area (Å²) in [6.07, 6.45) is 0. The predicted molar refractivity (Wildman–Crippen MR) is 98.8 cm³/mol. The quantitative estimate of drug-likeness (QED) is 0.740. The highest BCUT2D eigenvalue weighted by Crippen LogP contribution is 2.15. The molecule has 0 aliphatic heterocycles. The molecule has 25 heavy (non-hydrogen) atoms. The number of ether oxygens (including phenoxy) is 2. The molecule has 0 fully saturated rings. The molecule has 0 unspecified atom stereocenters. The minimum atomic E-state index is 0.0845. The van der Waals surface area contributed by atoms with Crippen molar-refractivity contribution >= 4 is 5.91 Å². The Hall–Kier alpha value is -2.53. The molecule has 0 atom stereocenters. The lowest BCUT2D eigenvalue weighted by Gasteiger charge is -2.22. The standard InChI is InChI=1S/C20H26N2O3/c1-21(13-17-6-5-7-19(12-17)25-4)15-20(23)22(2)14-16-8-10-18(24-3)11-9-16/h5-12H,13-15H2,1-4H3. The van der Waals surface area contributed by atoms with E-state index in [2.05, 4.69) is 0 Å². The molecule has 0 radical (unpaired) electrons. The lowest BCUT2D eigenvalue weighted by Crippen LogP contribution is -2.36. The summed E-state index contributed by atoms with van der Waals surface area (Å²) >= 11 is 0. The predicted octanol–water partition coefficient (Wildman–Crippen LogP) is 2.79. The maximum atomic E-state index is 12.4. The minimum absolute atomic E-state index is 0.0845. The third-order valence-corrected chi connectivity index (χ3v) is 4.00. The second kappa shape index (κ2) is 9.08. The Morgan fingerprint density at radius 1 is 0.880 bits per heavy atom. The molecule has 5 heteroatoms. The van der Waals surface area contributed by atoms with Gasteiger partial charge in [-0.05, 0) is 42.4 Å². The van der Waals surface area contributed by atoms with Crippen molar-refractivity contribution in [2.45, 2.75) is 13.1 Å². The van der Waals surface area contributed by atoms with Crippen LogP contribution in [0.2, 0.25) is 0 Å². The monoisotopic (exact) mass is 342 g/mol. The molecular weight excluding hydrogens is 316 g/mol. The van der Waals surface area contributed by atoms with Crippen LogP contribution in [0.4, 0.5) is 0 Å². The first kappa shape index (κ1) is 18.8. The van der Waals surface area contributed by atoms with Crippen LogP contribution in [0.1, 0.15) is 11.1 Å². The Balaban J connectivity index is 1.86. The van der Waals surface area contributed by atoms with E-state index >= 15 is 0 Å². The fourth-order valence-electron chi connectivity index (χ4n) is 2.58. The summed E-state index contributed by atoms with van der Waals surface area (Å²) in [5, 5.41) is 0. The van der Waals surface area contributed by atoms with Gasteiger partial charge in [-0.15, -0.1) is 0 Å². The minimum Gasteiger partial charge on any atom is -0.497 e. The number of nitrogens with zero attached hydrogens (tertiary/aromatic N) is 2. The molecule has 0 spiro atoms. The highest BCUT2D eigenvalue weighted by molar-refractivity contribution is 5.77. The molecule has 0 saturated carbocycles. The van der Waals surface area contributed by atoms with Gasteiger partial charge in [0.25, 0.3) is 0 Å². The van der Waals surface area contributed by atoms with Gasteiger partial charge in [0.2, 0.25) is 5.91 Å². The van der Waals surface area contributed by atoms with Gasteiger partial charge in [-0.3, -0.25) is 9.69 Å². The fraction of sp³-hybridized carbons (Fsp3) is 0.350. The van der Waals surface area contributed by atoms with Gasteiger partial charge >= 0.3 is 0 Å². The van der Waals surface area contributed by atoms with Crippen LogP contribution >= 0.6 is 0 Å². The van der Waals surface area contributed by atoms with E-state index in [4.69, 9.17) is 9.47 Å². The summed E-state index contributed by atoms with van der Waals surface area (Å²) in [5.74, 6) is 1.73. The average molecular weight is 342 g/mol. The Morgan fingerprint density at radius 3 is 2.20 bits per heavy atom. The van der Waals surface area contributed by atoms with Crippen LogP contribution in [-0.4, -0.2) is 50.6 Å². The molecule has 2 aromatic rings. The van der Waals surface area contributed by atoms with E-state index in [0.29, 0.717) is 19.6 Å². The molecule has 2 rings (SSSR count). The number of likely N-dealkylation sites (N-methyl/N-ethyl adjacent to an activating group) is 2. The molecule has 0 aliphatic carbocycles. The van der Waals surface area contributed by atoms with E-state index in [-0.39, 0.29) is 5.91 Å². The van der Waals surface area contributed by atoms with Crippen LogP contribution in [0.3, 0.4) is 0 Å². The number of rotatable bonds is 8. The Kier molecular flexibility index (Phi) is 6.83. The molecule has 2 aromatic carbocycles. The highest BCUT2D eigenvalue weighted by Gasteiger charge is 2.13. The SMILES string of the molecule is COc1ccc(CN(C)C(=O)CN(C)Cc2cccc(OC)c2)cc1. The van der Waals surface area contributed by atoms with Gasteiger partial charge in [0.05, 0.1) is 20.8 Å². The zero-order valence-corrected chi connectivity index (χ0v) is 15.4. The fourth-order valence-corrected chi connectivity index (χ4v) is 2.58. The Bertz CT molecular complexity index is 686. The number of hydrogen-bond donors (Lipinski definition) is 0. The second-order valence-electron chi connectivity index (χ2n) is 6.12. The van der Waals surface area contributed by atoms with E-state index in [1.807, 2.05) is 67.5 Å². The van der Waals surface area contributed by atoms with Crippen molar-refractivity contribution in [1.29, 1.82) is 0 Å². The lowest BCUT2D eigenvalue weighted by atomic mass is 10.2. The number of benzene rings is 2. The summed E-state index contributed by atoms with van der Waals surface area (Å²) in [7, 11) is 7.06. The third kappa shape index (κ3) is 5.80. The van der Waals surface area contributed by atoms with Gasteiger partial charge in [0.15, 0.2) is 0 Å². The van der Waals surface area contributed by atoms with Crippen molar-refractivity contribution in [1.82, 2.24) is 9.80 Å². The maximum absolute atomic E-state index is 12.4. The molecule has 0 saturated heterocycles. The first-order chi connectivity index (χ1) is 12.0. The van der Waals surface area contributed by atoms with Crippen LogP contribution in [0.5, 0.6) is 11.5 Å². The van der Waals surface area contributed by atoms with Gasteiger partial charge in [-0.2, -0.15) is 0 Å². The van der Waals surface area contributed by atoms with Crippen molar-refractivity contribution in [3.05, 3.63) is 59.7 Å². The number of amides is 1. The molecular formula is C20H26N2O3. The zero-order chi connectivity index (χ0) is 18.2. The summed E-state index contributed by atoms with van der Waals surface area (Å²) in [5.41, 5.74) is 2.19. The van der Waals surface area contributed by atoms with Gasteiger partial charge in [-0.25, -0.2) is 0 Å². The third-order valence-electron chi connectivity index (χ3n) is 4.00. The number of carbonyl (C=O) groups is 1. The van der Waals surface area contributed by atoms with Gasteiger partial charge in [0, 0.05) is 20.1 Å². The van der Waals surface area contributed by atoms with Gasteiger partial charge in [0.1, 0.15) is 11.5 Å². The first-order valence-electron chi connectivity index (χ1n) is 8.20. The van der Waals surface area contributed by atoms with Crippen molar-refractivity contribution in [3.63, 3.8) is 0 Å². The topological polar surface area (TPSA) is 42.0 Å². The van der Waals surface area contributed by atoms with E-state index in [0.717, 1.165) is 22.6 Å². The average Bonchev–Trinajstić information content (AvgIpc) is 2.62. The largest absolute Gasteiger partial charge is 0.497 e. The number of carbonyl (C=O) groups excluding carboxylic acids is 1. The molecule has 5 nitrogen and oxygen atoms in total. The maximum Gasteiger partial charge on any atom is 0.236 e. The van der Waals surface area contributed by atoms with Crippen molar-refractivity contribution in [2.24, 2.45) is 0 Å². The molecule has 0 N–H and O–H groups in total. The smallest absolute Gasteiger partial charge is 0.236 e. The zero-order valence-electron chi connectivity index (χ0n) is 15.4. The van der Waals surface area contributed by atoms with Crippen LogP contribution in [0.15, 0.2) is 48.5 Å². The number of methoxy groups -OCH3 is 2. The summed E-state index contributed by atoms with van der Waals surface area (Å²) < 4.78 is 10.4. The molecule has 0 aliphatic rings. The summed E-state index contributed by atoms with van der Waals surface area (Å²) in [4.78, 5) is 16.2. The normalized spacial score (nSPS) is 10.6. The molecule has 134 valence electrons. The van der Waals surface area contributed by atoms with E-state index in [9.17, 15) is 4.79 Å². The number of hydrogen-bond acceptors (Lipinski definition) is 4. The Morgan fingerprint density at radius 2 is 1.56 bits per heavy atom. The van der Waals surface area contributed by atoms with Crippen molar-refractivity contribution < 1.29 is 14.3 Å². The van der Waals surface area contributed by atoms with E-state index in [1.165, 1.54) is 0 Å². The van der Waals surface area contributed by atoms with Gasteiger partial charge < -0.3 is 14.4 Å². The summed E-state index contributed by atoms with van der Waals surface area (Å²) in [6.45, 7) is 1.64. The van der Waals surface area contributed by atoms with Crippen molar-refractivity contribution in [2.75, 3.05) is 34.9 Å². The molecule has 0 heterocycles. The van der Waals surface area contributed by atoms with Crippen LogP contribution in [0.25, 0.3) is 0 Å². The highest BCUT2D eigenvalue weighted by atomic mass is 16.5. The second-order valence-corrected chi connectivity index (χ2v) is 6.12. The van der Waals surface area contributed by atoms with Crippen LogP contribution < -0.4 is 9.47 Å². The van der Waals surface area contributed by atoms with Crippen molar-refractivity contribution in [3.8, 4) is 11.5 Å². The summed E-state index contributed by atoms with van der Waals surface area (Å²) in [6, 6.07) is 15.7. The molecule has 1 amide bonds. The molecule has 0 bridgehead atoms. The Labute approximate surface area is 149 Å². The van der Waals surface area contributed by atoms with Crippen LogP contribution in [0, 0.1) is 0 Å². The first-order valence-corrected chi connectivity index (χ1v) is 8.20. The van der Waals surface area contributed by atoms with Gasteiger partial charge in [-0.1, -0.05) is 24.3 Å².